The predicted molar refractivity (Wildman–Crippen MR) is 103 cm³/mol. The largest absolute Gasteiger partial charge is 0.277 e. The summed E-state index contributed by atoms with van der Waals surface area (Å²) < 4.78 is 0. The van der Waals surface area contributed by atoms with Crippen molar-refractivity contribution in [3.05, 3.63) is 44.0 Å². The normalized spacial score (nSPS) is 10.9. The first-order valence-electron chi connectivity index (χ1n) is 9.21. The molecule has 1 aromatic carbocycles. The highest BCUT2D eigenvalue weighted by molar-refractivity contribution is 5.95. The molecule has 0 saturated heterocycles. The van der Waals surface area contributed by atoms with E-state index in [1.54, 1.807) is 6.21 Å². The van der Waals surface area contributed by atoms with Crippen molar-refractivity contribution in [1.29, 1.82) is 0 Å². The second kappa shape index (κ2) is 12.5. The summed E-state index contributed by atoms with van der Waals surface area (Å²) in [6.07, 6.45) is 11.9. The molecule has 1 aromatic rings. The van der Waals surface area contributed by atoms with Crippen molar-refractivity contribution < 1.29 is 14.6 Å². The molecule has 0 radical (unpaired) electrons. The molecular formula is C18H26N4O5. The summed E-state index contributed by atoms with van der Waals surface area (Å²) in [4.78, 5) is 32.1. The maximum Gasteiger partial charge on any atom is 0.277 e. The molecule has 0 atom stereocenters. The molecule has 0 fully saturated rings. The Bertz CT molecular complexity index is 643. The molecule has 0 aliphatic heterocycles. The van der Waals surface area contributed by atoms with Gasteiger partial charge in [0, 0.05) is 18.3 Å². The Balaban J connectivity index is 2.38. The maximum atomic E-state index is 12.0. The maximum absolute atomic E-state index is 12.0. The van der Waals surface area contributed by atoms with E-state index < -0.39 is 27.1 Å². The number of non-ortho nitro benzene ring substituents is 2. The third kappa shape index (κ3) is 8.89. The summed E-state index contributed by atoms with van der Waals surface area (Å²) in [6, 6.07) is 2.77. The molecule has 0 aromatic heterocycles. The molecule has 0 bridgehead atoms. The zero-order chi connectivity index (χ0) is 20.1. The zero-order valence-corrected chi connectivity index (χ0v) is 15.6. The van der Waals surface area contributed by atoms with Gasteiger partial charge < -0.3 is 0 Å². The lowest BCUT2D eigenvalue weighted by molar-refractivity contribution is -0.394. The van der Waals surface area contributed by atoms with Crippen molar-refractivity contribution in [3.8, 4) is 0 Å². The van der Waals surface area contributed by atoms with Gasteiger partial charge in [0.25, 0.3) is 17.3 Å². The van der Waals surface area contributed by atoms with Crippen LogP contribution in [0.15, 0.2) is 23.3 Å². The quantitative estimate of drug-likeness (QED) is 0.229. The second-order valence-electron chi connectivity index (χ2n) is 6.27. The van der Waals surface area contributed by atoms with Crippen LogP contribution >= 0.6 is 0 Å². The van der Waals surface area contributed by atoms with E-state index in [0.717, 1.165) is 31.0 Å². The van der Waals surface area contributed by atoms with Gasteiger partial charge >= 0.3 is 0 Å². The number of hydrazone groups is 1. The molecule has 1 rings (SSSR count). The summed E-state index contributed by atoms with van der Waals surface area (Å²) in [5, 5.41) is 25.5. The molecular weight excluding hydrogens is 352 g/mol. The fourth-order valence-electron chi connectivity index (χ4n) is 2.54. The standard InChI is InChI=1S/C18H26N4O5/c1-2-3-4-5-6-7-8-9-10-11-19-20-18(23)15-12-16(21(24)25)14-17(13-15)22(26)27/h11-14H,2-10H2,1H3,(H,20,23). The van der Waals surface area contributed by atoms with Crippen LogP contribution in [-0.2, 0) is 0 Å². The Morgan fingerprint density at radius 3 is 2.00 bits per heavy atom. The zero-order valence-electron chi connectivity index (χ0n) is 15.6. The number of carbonyl (C=O) groups is 1. The van der Waals surface area contributed by atoms with E-state index in [-0.39, 0.29) is 5.56 Å². The van der Waals surface area contributed by atoms with Crippen LogP contribution in [0.25, 0.3) is 0 Å². The molecule has 27 heavy (non-hydrogen) atoms. The molecule has 0 unspecified atom stereocenters. The molecule has 1 N–H and O–H groups in total. The van der Waals surface area contributed by atoms with Crippen molar-refractivity contribution >= 4 is 23.5 Å². The van der Waals surface area contributed by atoms with Gasteiger partial charge in [-0.1, -0.05) is 51.9 Å². The molecule has 0 saturated carbocycles. The van der Waals surface area contributed by atoms with E-state index >= 15 is 0 Å². The van der Waals surface area contributed by atoms with Gasteiger partial charge in [-0.25, -0.2) is 5.43 Å². The first-order chi connectivity index (χ1) is 13.0. The van der Waals surface area contributed by atoms with E-state index in [4.69, 9.17) is 0 Å². The lowest BCUT2D eigenvalue weighted by Gasteiger charge is -2.01. The van der Waals surface area contributed by atoms with Crippen molar-refractivity contribution in [1.82, 2.24) is 5.43 Å². The first kappa shape index (κ1) is 22.2. The number of hydrogen-bond acceptors (Lipinski definition) is 6. The van der Waals surface area contributed by atoms with Crippen LogP contribution in [0.1, 0.15) is 75.1 Å². The van der Waals surface area contributed by atoms with Gasteiger partial charge in [-0.05, 0) is 12.8 Å². The number of rotatable bonds is 13. The topological polar surface area (TPSA) is 128 Å². The molecule has 0 aliphatic rings. The third-order valence-corrected chi connectivity index (χ3v) is 4.03. The number of carbonyl (C=O) groups excluding carboxylic acids is 1. The second-order valence-corrected chi connectivity index (χ2v) is 6.27. The lowest BCUT2D eigenvalue weighted by atomic mass is 10.1. The number of unbranched alkanes of at least 4 members (excludes halogenated alkanes) is 8. The van der Waals surface area contributed by atoms with Gasteiger partial charge in [0.2, 0.25) is 0 Å². The van der Waals surface area contributed by atoms with E-state index in [0.29, 0.717) is 6.42 Å². The molecule has 9 heteroatoms. The summed E-state index contributed by atoms with van der Waals surface area (Å²) in [5.41, 5.74) is 1.03. The minimum atomic E-state index is -0.782. The summed E-state index contributed by atoms with van der Waals surface area (Å²) >= 11 is 0. The molecule has 0 spiro atoms. The molecule has 0 heterocycles. The van der Waals surface area contributed by atoms with Crippen molar-refractivity contribution in [3.63, 3.8) is 0 Å². The molecule has 148 valence electrons. The number of nitrogens with one attached hydrogen (secondary N) is 1. The SMILES string of the molecule is CCCCCCCCCCC=NNC(=O)c1cc([N+](=O)[O-])cc([N+](=O)[O-])c1. The van der Waals surface area contributed by atoms with Gasteiger partial charge in [0.15, 0.2) is 0 Å². The number of hydrogen-bond donors (Lipinski definition) is 1. The van der Waals surface area contributed by atoms with Crippen LogP contribution in [-0.4, -0.2) is 22.0 Å². The van der Waals surface area contributed by atoms with Crippen molar-refractivity contribution in [2.24, 2.45) is 5.10 Å². The van der Waals surface area contributed by atoms with Crippen LogP contribution < -0.4 is 5.43 Å². The highest BCUT2D eigenvalue weighted by Gasteiger charge is 2.19. The van der Waals surface area contributed by atoms with E-state index in [9.17, 15) is 25.0 Å². The minimum Gasteiger partial charge on any atom is -0.267 e. The minimum absolute atomic E-state index is 0.180. The van der Waals surface area contributed by atoms with Gasteiger partial charge in [0.05, 0.1) is 21.5 Å². The highest BCUT2D eigenvalue weighted by atomic mass is 16.6. The van der Waals surface area contributed by atoms with Crippen LogP contribution in [0.5, 0.6) is 0 Å². The van der Waals surface area contributed by atoms with Crippen molar-refractivity contribution in [2.45, 2.75) is 64.7 Å². The number of nitro benzene ring substituents is 2. The Morgan fingerprint density at radius 2 is 1.48 bits per heavy atom. The van der Waals surface area contributed by atoms with E-state index in [2.05, 4.69) is 17.5 Å². The Labute approximate surface area is 158 Å². The smallest absolute Gasteiger partial charge is 0.267 e. The molecule has 1 amide bonds. The van der Waals surface area contributed by atoms with E-state index in [1.807, 2.05) is 0 Å². The number of nitrogens with zero attached hydrogens (tertiary/aromatic N) is 3. The van der Waals surface area contributed by atoms with Gasteiger partial charge in [-0.15, -0.1) is 0 Å². The predicted octanol–water partition coefficient (Wildman–Crippen LogP) is 4.75. The molecule has 9 nitrogen and oxygen atoms in total. The van der Waals surface area contributed by atoms with Crippen LogP contribution in [0.3, 0.4) is 0 Å². The monoisotopic (exact) mass is 378 g/mol. The fraction of sp³-hybridized carbons (Fsp3) is 0.556. The fourth-order valence-corrected chi connectivity index (χ4v) is 2.54. The highest BCUT2D eigenvalue weighted by Crippen LogP contribution is 2.22. The average Bonchev–Trinajstić information content (AvgIpc) is 2.65. The van der Waals surface area contributed by atoms with Gasteiger partial charge in [-0.2, -0.15) is 5.10 Å². The Kier molecular flexibility index (Phi) is 10.3. The van der Waals surface area contributed by atoms with Crippen LogP contribution in [0.4, 0.5) is 11.4 Å². The summed E-state index contributed by atoms with van der Waals surface area (Å²) in [5.74, 6) is -0.728. The average molecular weight is 378 g/mol. The summed E-state index contributed by atoms with van der Waals surface area (Å²) in [7, 11) is 0. The van der Waals surface area contributed by atoms with Crippen LogP contribution in [0, 0.1) is 20.2 Å². The van der Waals surface area contributed by atoms with Gasteiger partial charge in [0.1, 0.15) is 0 Å². The lowest BCUT2D eigenvalue weighted by Crippen LogP contribution is -2.17. The molecule has 0 aliphatic carbocycles. The first-order valence-corrected chi connectivity index (χ1v) is 9.21. The number of amides is 1. The summed E-state index contributed by atoms with van der Waals surface area (Å²) in [6.45, 7) is 2.19. The Morgan fingerprint density at radius 1 is 0.963 bits per heavy atom. The number of nitro groups is 2. The van der Waals surface area contributed by atoms with Crippen molar-refractivity contribution in [2.75, 3.05) is 0 Å². The Hall–Kier alpha value is -2.84. The van der Waals surface area contributed by atoms with Gasteiger partial charge in [-0.3, -0.25) is 25.0 Å². The van der Waals surface area contributed by atoms with Crippen LogP contribution in [0.2, 0.25) is 0 Å². The van der Waals surface area contributed by atoms with E-state index in [1.165, 1.54) is 38.5 Å². The third-order valence-electron chi connectivity index (χ3n) is 4.03. The number of benzene rings is 1.